The van der Waals surface area contributed by atoms with E-state index in [0.717, 1.165) is 12.1 Å². The van der Waals surface area contributed by atoms with Crippen LogP contribution in [0, 0.1) is 11.6 Å². The molecule has 24 heavy (non-hydrogen) atoms. The number of aromatic nitrogens is 4. The largest absolute Gasteiger partial charge is 0.271 e. The molecule has 0 atom stereocenters. The van der Waals surface area contributed by atoms with Crippen molar-refractivity contribution < 1.29 is 13.6 Å². The van der Waals surface area contributed by atoms with Crippen molar-refractivity contribution in [2.24, 2.45) is 5.10 Å². The molecule has 0 bridgehead atoms. The second-order valence-corrected chi connectivity index (χ2v) is 4.67. The molecule has 0 saturated heterocycles. The van der Waals surface area contributed by atoms with Crippen LogP contribution in [-0.2, 0) is 0 Å². The predicted molar refractivity (Wildman–Crippen MR) is 80.6 cm³/mol. The molecule has 1 aromatic heterocycles. The first-order chi connectivity index (χ1) is 11.6. The Morgan fingerprint density at radius 1 is 1.12 bits per heavy atom. The summed E-state index contributed by atoms with van der Waals surface area (Å²) in [7, 11) is 0. The number of tetrazole rings is 1. The van der Waals surface area contributed by atoms with Crippen molar-refractivity contribution in [2.75, 3.05) is 0 Å². The molecular weight excluding hydrogens is 318 g/mol. The van der Waals surface area contributed by atoms with Crippen molar-refractivity contribution in [1.29, 1.82) is 0 Å². The number of carbonyl (C=O) groups is 1. The lowest BCUT2D eigenvalue weighted by Gasteiger charge is -2.02. The van der Waals surface area contributed by atoms with Crippen LogP contribution in [0.3, 0.4) is 0 Å². The highest BCUT2D eigenvalue weighted by Gasteiger charge is 2.05. The molecule has 0 saturated carbocycles. The summed E-state index contributed by atoms with van der Waals surface area (Å²) in [6.07, 6.45) is 2.65. The molecule has 1 heterocycles. The highest BCUT2D eigenvalue weighted by molar-refractivity contribution is 5.95. The summed E-state index contributed by atoms with van der Waals surface area (Å²) in [6, 6.07) is 9.81. The van der Waals surface area contributed by atoms with Crippen LogP contribution in [0.4, 0.5) is 8.78 Å². The third-order valence-corrected chi connectivity index (χ3v) is 3.07. The molecule has 3 rings (SSSR count). The summed E-state index contributed by atoms with van der Waals surface area (Å²) in [5, 5.41) is 14.5. The van der Waals surface area contributed by atoms with Gasteiger partial charge in [0.1, 0.15) is 6.33 Å². The molecule has 0 aliphatic rings. The summed E-state index contributed by atoms with van der Waals surface area (Å²) in [5.74, 6) is -2.38. The zero-order valence-corrected chi connectivity index (χ0v) is 12.1. The number of carbonyl (C=O) groups excluding carboxylic acids is 1. The quantitative estimate of drug-likeness (QED) is 0.583. The van der Waals surface area contributed by atoms with Gasteiger partial charge in [-0.1, -0.05) is 6.07 Å². The average Bonchev–Trinajstić information content (AvgIpc) is 3.13. The summed E-state index contributed by atoms with van der Waals surface area (Å²) < 4.78 is 27.3. The van der Waals surface area contributed by atoms with Crippen LogP contribution in [0.2, 0.25) is 0 Å². The van der Waals surface area contributed by atoms with Gasteiger partial charge in [-0.2, -0.15) is 5.10 Å². The van der Waals surface area contributed by atoms with E-state index >= 15 is 0 Å². The molecule has 9 heteroatoms. The maximum atomic E-state index is 13.0. The number of benzene rings is 2. The van der Waals surface area contributed by atoms with E-state index < -0.39 is 17.5 Å². The Morgan fingerprint density at radius 2 is 1.92 bits per heavy atom. The van der Waals surface area contributed by atoms with Crippen molar-refractivity contribution in [3.05, 3.63) is 71.6 Å². The molecule has 2 aromatic carbocycles. The van der Waals surface area contributed by atoms with Gasteiger partial charge in [-0.15, -0.1) is 5.10 Å². The van der Waals surface area contributed by atoms with Gasteiger partial charge >= 0.3 is 0 Å². The molecule has 0 fully saturated rings. The van der Waals surface area contributed by atoms with E-state index in [1.54, 1.807) is 24.3 Å². The Hall–Kier alpha value is -3.49. The standard InChI is InChI=1S/C15H10F2N6O/c16-13-6-1-10(7-14(13)17)8-18-20-15(24)11-2-4-12(5-3-11)23-9-19-21-22-23/h1-9H,(H,20,24)/b18-8+. The molecule has 1 N–H and O–H groups in total. The number of nitrogens with one attached hydrogen (secondary N) is 1. The third-order valence-electron chi connectivity index (χ3n) is 3.07. The van der Waals surface area contributed by atoms with Crippen molar-refractivity contribution in [2.45, 2.75) is 0 Å². The van der Waals surface area contributed by atoms with Crippen molar-refractivity contribution >= 4 is 12.1 Å². The van der Waals surface area contributed by atoms with E-state index in [4.69, 9.17) is 0 Å². The fourth-order valence-corrected chi connectivity index (χ4v) is 1.87. The van der Waals surface area contributed by atoms with E-state index in [2.05, 4.69) is 26.1 Å². The molecule has 0 aliphatic heterocycles. The molecule has 120 valence electrons. The van der Waals surface area contributed by atoms with Gasteiger partial charge < -0.3 is 0 Å². The van der Waals surface area contributed by atoms with Crippen LogP contribution < -0.4 is 5.43 Å². The molecule has 0 aliphatic carbocycles. The number of hydrogen-bond acceptors (Lipinski definition) is 5. The molecule has 0 radical (unpaired) electrons. The van der Waals surface area contributed by atoms with E-state index in [1.165, 1.54) is 23.3 Å². The summed E-state index contributed by atoms with van der Waals surface area (Å²) in [5.41, 5.74) is 3.69. The Balaban J connectivity index is 1.64. The molecule has 7 nitrogen and oxygen atoms in total. The lowest BCUT2D eigenvalue weighted by Crippen LogP contribution is -2.17. The predicted octanol–water partition coefficient (Wildman–Crippen LogP) is 1.70. The Bertz CT molecular complexity index is 877. The number of amides is 1. The van der Waals surface area contributed by atoms with Gasteiger partial charge in [0.05, 0.1) is 11.9 Å². The van der Waals surface area contributed by atoms with Crippen molar-refractivity contribution in [3.8, 4) is 5.69 Å². The molecule has 0 unspecified atom stereocenters. The van der Waals surface area contributed by atoms with E-state index in [1.807, 2.05) is 0 Å². The Morgan fingerprint density at radius 3 is 2.58 bits per heavy atom. The van der Waals surface area contributed by atoms with Crippen molar-refractivity contribution in [1.82, 2.24) is 25.6 Å². The van der Waals surface area contributed by atoms with Gasteiger partial charge in [0.2, 0.25) is 0 Å². The number of hydrazone groups is 1. The van der Waals surface area contributed by atoms with Crippen LogP contribution in [0.1, 0.15) is 15.9 Å². The zero-order chi connectivity index (χ0) is 16.9. The van der Waals surface area contributed by atoms with Crippen LogP contribution in [0.15, 0.2) is 53.9 Å². The maximum absolute atomic E-state index is 13.0. The summed E-state index contributed by atoms with van der Waals surface area (Å²) in [6.45, 7) is 0. The Labute approximate surface area is 134 Å². The number of hydrogen-bond donors (Lipinski definition) is 1. The van der Waals surface area contributed by atoms with E-state index in [0.29, 0.717) is 16.8 Å². The first kappa shape index (κ1) is 15.4. The fraction of sp³-hybridized carbons (Fsp3) is 0. The first-order valence-electron chi connectivity index (χ1n) is 6.75. The zero-order valence-electron chi connectivity index (χ0n) is 12.1. The van der Waals surface area contributed by atoms with Gasteiger partial charge in [0.15, 0.2) is 11.6 Å². The van der Waals surface area contributed by atoms with Crippen LogP contribution in [0.25, 0.3) is 5.69 Å². The smallest absolute Gasteiger partial charge is 0.267 e. The lowest BCUT2D eigenvalue weighted by molar-refractivity contribution is 0.0955. The average molecular weight is 328 g/mol. The second-order valence-electron chi connectivity index (χ2n) is 4.67. The number of halogens is 2. The van der Waals surface area contributed by atoms with Crippen LogP contribution >= 0.6 is 0 Å². The monoisotopic (exact) mass is 328 g/mol. The highest BCUT2D eigenvalue weighted by atomic mass is 19.2. The van der Waals surface area contributed by atoms with E-state index in [-0.39, 0.29) is 0 Å². The minimum Gasteiger partial charge on any atom is -0.267 e. The van der Waals surface area contributed by atoms with Gasteiger partial charge in [-0.25, -0.2) is 18.9 Å². The normalized spacial score (nSPS) is 10.9. The van der Waals surface area contributed by atoms with Gasteiger partial charge in [0.25, 0.3) is 5.91 Å². The molecular formula is C15H10F2N6O. The molecule has 0 spiro atoms. The maximum Gasteiger partial charge on any atom is 0.271 e. The van der Waals surface area contributed by atoms with Gasteiger partial charge in [-0.05, 0) is 52.4 Å². The summed E-state index contributed by atoms with van der Waals surface area (Å²) in [4.78, 5) is 11.9. The van der Waals surface area contributed by atoms with Crippen LogP contribution in [-0.4, -0.2) is 32.3 Å². The number of rotatable bonds is 4. The topological polar surface area (TPSA) is 85.1 Å². The van der Waals surface area contributed by atoms with Crippen LogP contribution in [0.5, 0.6) is 0 Å². The minimum atomic E-state index is -0.983. The van der Waals surface area contributed by atoms with Gasteiger partial charge in [-0.3, -0.25) is 4.79 Å². The molecule has 3 aromatic rings. The second kappa shape index (κ2) is 6.73. The lowest BCUT2D eigenvalue weighted by atomic mass is 10.2. The highest BCUT2D eigenvalue weighted by Crippen LogP contribution is 2.08. The van der Waals surface area contributed by atoms with Crippen molar-refractivity contribution in [3.63, 3.8) is 0 Å². The summed E-state index contributed by atoms with van der Waals surface area (Å²) >= 11 is 0. The fourth-order valence-electron chi connectivity index (χ4n) is 1.87. The third kappa shape index (κ3) is 3.46. The number of nitrogens with zero attached hydrogens (tertiary/aromatic N) is 5. The van der Waals surface area contributed by atoms with Gasteiger partial charge in [0, 0.05) is 5.56 Å². The first-order valence-corrected chi connectivity index (χ1v) is 6.75. The molecule has 1 amide bonds. The minimum absolute atomic E-state index is 0.322. The SMILES string of the molecule is O=C(N/N=C/c1ccc(F)c(F)c1)c1ccc(-n2cnnn2)cc1. The Kier molecular flexibility index (Phi) is 4.32. The van der Waals surface area contributed by atoms with E-state index in [9.17, 15) is 13.6 Å².